The first-order valence-corrected chi connectivity index (χ1v) is 6.83. The Morgan fingerprint density at radius 1 is 1.47 bits per heavy atom. The number of pyridine rings is 1. The Bertz CT molecular complexity index is 460. The fraction of sp³-hybridized carbons (Fsp3) is 0.615. The van der Waals surface area contributed by atoms with Gasteiger partial charge in [-0.1, -0.05) is 6.92 Å². The molecule has 1 aromatic rings. The zero-order chi connectivity index (χ0) is 13.8. The van der Waals surface area contributed by atoms with Crippen LogP contribution in [0.2, 0.25) is 0 Å². The highest BCUT2D eigenvalue weighted by Crippen LogP contribution is 2.36. The number of rotatable bonds is 7. The number of hydrogen-bond acceptors (Lipinski definition) is 5. The van der Waals surface area contributed by atoms with E-state index in [-0.39, 0.29) is 10.6 Å². The van der Waals surface area contributed by atoms with Gasteiger partial charge >= 0.3 is 5.69 Å². The molecule has 0 saturated heterocycles. The third-order valence-corrected chi connectivity index (χ3v) is 3.13. The lowest BCUT2D eigenvalue weighted by Crippen LogP contribution is -2.28. The van der Waals surface area contributed by atoms with E-state index >= 15 is 0 Å². The molecular formula is C13H20N4O2. The summed E-state index contributed by atoms with van der Waals surface area (Å²) < 4.78 is 0. The van der Waals surface area contributed by atoms with Gasteiger partial charge in [0.25, 0.3) is 0 Å². The molecule has 0 spiro atoms. The smallest absolute Gasteiger partial charge is 0.311 e. The number of nitrogens with one attached hydrogen (secondary N) is 1. The fourth-order valence-electron chi connectivity index (χ4n) is 2.16. The van der Waals surface area contributed by atoms with E-state index in [1.807, 2.05) is 6.92 Å². The number of aromatic nitrogens is 1. The van der Waals surface area contributed by atoms with Gasteiger partial charge in [-0.25, -0.2) is 4.98 Å². The van der Waals surface area contributed by atoms with E-state index < -0.39 is 0 Å². The number of hydrogen-bond donors (Lipinski definition) is 1. The zero-order valence-corrected chi connectivity index (χ0v) is 11.4. The van der Waals surface area contributed by atoms with Gasteiger partial charge < -0.3 is 10.2 Å². The maximum Gasteiger partial charge on any atom is 0.311 e. The molecule has 1 heterocycles. The Kier molecular flexibility index (Phi) is 4.19. The van der Waals surface area contributed by atoms with Crippen LogP contribution in [0.15, 0.2) is 12.1 Å². The minimum absolute atomic E-state index is 0.0991. The van der Waals surface area contributed by atoms with Gasteiger partial charge in [-0.3, -0.25) is 10.1 Å². The molecule has 2 rings (SSSR count). The number of nitrogens with zero attached hydrogens (tertiary/aromatic N) is 3. The van der Waals surface area contributed by atoms with Crippen LogP contribution in [0.5, 0.6) is 0 Å². The van der Waals surface area contributed by atoms with E-state index in [2.05, 4.69) is 22.1 Å². The molecule has 1 aliphatic rings. The van der Waals surface area contributed by atoms with Crippen molar-refractivity contribution in [1.29, 1.82) is 0 Å². The van der Waals surface area contributed by atoms with Crippen molar-refractivity contribution in [3.05, 3.63) is 22.2 Å². The molecule has 1 saturated carbocycles. The second kappa shape index (κ2) is 5.86. The van der Waals surface area contributed by atoms with Crippen molar-refractivity contribution in [2.24, 2.45) is 0 Å². The molecule has 0 atom stereocenters. The van der Waals surface area contributed by atoms with Crippen LogP contribution >= 0.6 is 0 Å². The topological polar surface area (TPSA) is 71.3 Å². The molecule has 1 aliphatic carbocycles. The third-order valence-electron chi connectivity index (χ3n) is 3.13. The van der Waals surface area contributed by atoms with Crippen molar-refractivity contribution >= 4 is 17.3 Å². The summed E-state index contributed by atoms with van der Waals surface area (Å²) in [7, 11) is 0. The van der Waals surface area contributed by atoms with Crippen molar-refractivity contribution in [2.75, 3.05) is 23.3 Å². The predicted octanol–water partition coefficient (Wildman–Crippen LogP) is 2.80. The van der Waals surface area contributed by atoms with Gasteiger partial charge in [-0.15, -0.1) is 0 Å². The molecule has 19 heavy (non-hydrogen) atoms. The lowest BCUT2D eigenvalue weighted by molar-refractivity contribution is -0.384. The van der Waals surface area contributed by atoms with Crippen LogP contribution in [0.25, 0.3) is 0 Å². The summed E-state index contributed by atoms with van der Waals surface area (Å²) >= 11 is 0. The molecule has 0 radical (unpaired) electrons. The van der Waals surface area contributed by atoms with E-state index in [4.69, 9.17) is 0 Å². The van der Waals surface area contributed by atoms with E-state index in [9.17, 15) is 10.1 Å². The van der Waals surface area contributed by atoms with Crippen molar-refractivity contribution in [1.82, 2.24) is 4.98 Å². The molecule has 0 aromatic carbocycles. The molecule has 0 bridgehead atoms. The molecule has 0 aliphatic heterocycles. The molecular weight excluding hydrogens is 244 g/mol. The average molecular weight is 264 g/mol. The summed E-state index contributed by atoms with van der Waals surface area (Å²) in [4.78, 5) is 17.3. The summed E-state index contributed by atoms with van der Waals surface area (Å²) in [6.45, 7) is 5.62. The molecule has 0 amide bonds. The van der Waals surface area contributed by atoms with Crippen molar-refractivity contribution < 1.29 is 4.92 Å². The molecule has 6 heteroatoms. The molecule has 1 fully saturated rings. The van der Waals surface area contributed by atoms with Gasteiger partial charge in [0.1, 0.15) is 5.82 Å². The van der Waals surface area contributed by atoms with Crippen LogP contribution < -0.4 is 10.2 Å². The first kappa shape index (κ1) is 13.6. The van der Waals surface area contributed by atoms with Crippen LogP contribution in [0.3, 0.4) is 0 Å². The molecule has 104 valence electrons. The number of anilines is 2. The monoisotopic (exact) mass is 264 g/mol. The molecule has 1 N–H and O–H groups in total. The average Bonchev–Trinajstić information content (AvgIpc) is 3.20. The maximum atomic E-state index is 11.2. The summed E-state index contributed by atoms with van der Waals surface area (Å²) in [6, 6.07) is 3.64. The second-order valence-corrected chi connectivity index (χ2v) is 4.75. The maximum absolute atomic E-state index is 11.2. The Morgan fingerprint density at radius 3 is 2.74 bits per heavy atom. The lowest BCUT2D eigenvalue weighted by Gasteiger charge is -2.23. The van der Waals surface area contributed by atoms with Crippen molar-refractivity contribution in [2.45, 2.75) is 39.2 Å². The van der Waals surface area contributed by atoms with E-state index in [1.165, 1.54) is 0 Å². The SMILES string of the molecule is CCCN(c1nc(NCC)ccc1[N+](=O)[O-])C1CC1. The summed E-state index contributed by atoms with van der Waals surface area (Å²) in [5, 5.41) is 14.3. The van der Waals surface area contributed by atoms with Gasteiger partial charge in [0.15, 0.2) is 0 Å². The Hall–Kier alpha value is -1.85. The Balaban J connectivity index is 2.37. The highest BCUT2D eigenvalue weighted by atomic mass is 16.6. The zero-order valence-electron chi connectivity index (χ0n) is 11.4. The van der Waals surface area contributed by atoms with Gasteiger partial charge in [-0.05, 0) is 32.3 Å². The quantitative estimate of drug-likeness (QED) is 0.605. The first-order chi connectivity index (χ1) is 9.17. The van der Waals surface area contributed by atoms with Crippen LogP contribution in [-0.2, 0) is 0 Å². The summed E-state index contributed by atoms with van der Waals surface area (Å²) in [5.74, 6) is 1.21. The molecule has 0 unspecified atom stereocenters. The molecule has 1 aromatic heterocycles. The molecule has 6 nitrogen and oxygen atoms in total. The van der Waals surface area contributed by atoms with Crippen LogP contribution in [0.4, 0.5) is 17.3 Å². The first-order valence-electron chi connectivity index (χ1n) is 6.83. The van der Waals surface area contributed by atoms with Crippen molar-refractivity contribution in [3.63, 3.8) is 0 Å². The van der Waals surface area contributed by atoms with Gasteiger partial charge in [0.05, 0.1) is 4.92 Å². The highest BCUT2D eigenvalue weighted by molar-refractivity contribution is 5.62. The van der Waals surface area contributed by atoms with E-state index in [0.717, 1.165) is 32.4 Å². The van der Waals surface area contributed by atoms with E-state index in [1.54, 1.807) is 12.1 Å². The third kappa shape index (κ3) is 3.13. The van der Waals surface area contributed by atoms with Gasteiger partial charge in [-0.2, -0.15) is 0 Å². The Labute approximate surface area is 113 Å². The minimum atomic E-state index is -0.344. The normalized spacial score (nSPS) is 14.2. The van der Waals surface area contributed by atoms with E-state index in [0.29, 0.717) is 17.7 Å². The summed E-state index contributed by atoms with van der Waals surface area (Å²) in [6.07, 6.45) is 3.16. The Morgan fingerprint density at radius 2 is 2.21 bits per heavy atom. The largest absolute Gasteiger partial charge is 0.370 e. The van der Waals surface area contributed by atoms with Gasteiger partial charge in [0, 0.05) is 25.2 Å². The standard InChI is InChI=1S/C13H20N4O2/c1-3-9-16(10-5-6-10)13-11(17(18)19)7-8-12(15-13)14-4-2/h7-8,10H,3-6,9H2,1-2H3,(H,14,15). The van der Waals surface area contributed by atoms with Crippen LogP contribution in [0.1, 0.15) is 33.1 Å². The predicted molar refractivity (Wildman–Crippen MR) is 75.7 cm³/mol. The number of nitro groups is 1. The second-order valence-electron chi connectivity index (χ2n) is 4.75. The lowest BCUT2D eigenvalue weighted by atomic mass is 10.3. The van der Waals surface area contributed by atoms with Crippen LogP contribution in [0, 0.1) is 10.1 Å². The van der Waals surface area contributed by atoms with Crippen molar-refractivity contribution in [3.8, 4) is 0 Å². The van der Waals surface area contributed by atoms with Crippen LogP contribution in [-0.4, -0.2) is 29.0 Å². The van der Waals surface area contributed by atoms with Gasteiger partial charge in [0.2, 0.25) is 5.82 Å². The summed E-state index contributed by atoms with van der Waals surface area (Å²) in [5.41, 5.74) is 0.0991. The minimum Gasteiger partial charge on any atom is -0.370 e. The fourth-order valence-corrected chi connectivity index (χ4v) is 2.16. The highest BCUT2D eigenvalue weighted by Gasteiger charge is 2.33.